The van der Waals surface area contributed by atoms with Gasteiger partial charge in [0.05, 0.1) is 12.2 Å². The summed E-state index contributed by atoms with van der Waals surface area (Å²) in [4.78, 5) is 11.3. The molecule has 1 N–H and O–H groups in total. The van der Waals surface area contributed by atoms with Gasteiger partial charge < -0.3 is 9.84 Å². The van der Waals surface area contributed by atoms with Crippen LogP contribution in [0.15, 0.2) is 24.3 Å². The van der Waals surface area contributed by atoms with Crippen LogP contribution in [0, 0.1) is 0 Å². The minimum Gasteiger partial charge on any atom is -0.508 e. The van der Waals surface area contributed by atoms with Gasteiger partial charge in [0.1, 0.15) is 5.75 Å². The first-order valence-electron chi connectivity index (χ1n) is 4.70. The number of hydrogen-bond acceptors (Lipinski definition) is 3. The van der Waals surface area contributed by atoms with E-state index in [0.717, 1.165) is 12.8 Å². The molecule has 1 aromatic carbocycles. The average molecular weight is 234 g/mol. The van der Waals surface area contributed by atoms with Crippen LogP contribution in [0.25, 0.3) is 0 Å². The van der Waals surface area contributed by atoms with Gasteiger partial charge in [-0.25, -0.2) is 4.79 Å². The molecule has 0 heterocycles. The van der Waals surface area contributed by atoms with Crippen molar-refractivity contribution in [2.24, 2.45) is 0 Å². The normalized spacial score (nSPS) is 9.13. The molecule has 4 heteroatoms. The van der Waals surface area contributed by atoms with E-state index in [4.69, 9.17) is 9.84 Å². The quantitative estimate of drug-likeness (QED) is 0.492. The number of rotatable bonds is 4. The first-order valence-corrected chi connectivity index (χ1v) is 4.70. The van der Waals surface area contributed by atoms with Gasteiger partial charge in [-0.1, -0.05) is 13.3 Å². The number of aromatic hydroxyl groups is 1. The zero-order chi connectivity index (χ0) is 10.4. The molecule has 0 spiro atoms. The standard InChI is InChI=1S/C11H14O3.Ca/c1-2-3-8-14-11(13)9-4-6-10(12)7-5-9;/h4-7,12H,2-3,8H2,1H3;/q;+2. The average Bonchev–Trinajstić information content (AvgIpc) is 2.19. The molecule has 15 heavy (non-hydrogen) atoms. The third-order valence-electron chi connectivity index (χ3n) is 1.83. The van der Waals surface area contributed by atoms with E-state index in [1.54, 1.807) is 12.1 Å². The predicted octanol–water partition coefficient (Wildman–Crippen LogP) is 1.97. The molecule has 0 amide bonds. The fourth-order valence-corrected chi connectivity index (χ4v) is 0.990. The summed E-state index contributed by atoms with van der Waals surface area (Å²) in [5.41, 5.74) is 0.471. The van der Waals surface area contributed by atoms with Gasteiger partial charge in [-0.15, -0.1) is 0 Å². The van der Waals surface area contributed by atoms with Gasteiger partial charge in [-0.3, -0.25) is 0 Å². The Labute approximate surface area is 119 Å². The van der Waals surface area contributed by atoms with Crippen LogP contribution in [-0.2, 0) is 4.74 Å². The molecule has 0 aliphatic carbocycles. The number of carbonyl (C=O) groups is 1. The summed E-state index contributed by atoms with van der Waals surface area (Å²) < 4.78 is 4.99. The van der Waals surface area contributed by atoms with E-state index in [0.29, 0.717) is 12.2 Å². The Hall–Kier alpha value is -0.250. The van der Waals surface area contributed by atoms with Crippen molar-refractivity contribution in [2.75, 3.05) is 6.61 Å². The Morgan fingerprint density at radius 1 is 1.33 bits per heavy atom. The van der Waals surface area contributed by atoms with Crippen LogP contribution in [0.2, 0.25) is 0 Å². The summed E-state index contributed by atoms with van der Waals surface area (Å²) in [5.74, 6) is -0.187. The molecule has 0 radical (unpaired) electrons. The van der Waals surface area contributed by atoms with Crippen LogP contribution in [0.1, 0.15) is 30.1 Å². The number of phenolic OH excluding ortho intramolecular Hbond substituents is 1. The van der Waals surface area contributed by atoms with E-state index >= 15 is 0 Å². The number of unbranched alkanes of at least 4 members (excludes halogenated alkanes) is 1. The first-order chi connectivity index (χ1) is 6.74. The molecule has 0 unspecified atom stereocenters. The Bertz CT molecular complexity index is 295. The van der Waals surface area contributed by atoms with E-state index < -0.39 is 0 Å². The summed E-state index contributed by atoms with van der Waals surface area (Å²) in [6.45, 7) is 2.49. The molecule has 0 saturated carbocycles. The maximum Gasteiger partial charge on any atom is 2.00 e. The van der Waals surface area contributed by atoms with E-state index in [-0.39, 0.29) is 49.5 Å². The molecule has 76 valence electrons. The van der Waals surface area contributed by atoms with Gasteiger partial charge in [-0.05, 0) is 30.7 Å². The maximum atomic E-state index is 11.3. The molecule has 1 rings (SSSR count). The van der Waals surface area contributed by atoms with E-state index in [2.05, 4.69) is 0 Å². The van der Waals surface area contributed by atoms with Crippen LogP contribution < -0.4 is 0 Å². The number of benzene rings is 1. The van der Waals surface area contributed by atoms with E-state index in [1.165, 1.54) is 12.1 Å². The topological polar surface area (TPSA) is 46.5 Å². The van der Waals surface area contributed by atoms with Crippen molar-refractivity contribution in [3.63, 3.8) is 0 Å². The van der Waals surface area contributed by atoms with Crippen molar-refractivity contribution < 1.29 is 14.6 Å². The summed E-state index contributed by atoms with van der Waals surface area (Å²) in [5, 5.41) is 9.00. The molecule has 1 aromatic rings. The summed E-state index contributed by atoms with van der Waals surface area (Å²) in [7, 11) is 0. The summed E-state index contributed by atoms with van der Waals surface area (Å²) in [6.07, 6.45) is 1.88. The molecular weight excluding hydrogens is 220 g/mol. The van der Waals surface area contributed by atoms with Crippen molar-refractivity contribution in [1.82, 2.24) is 0 Å². The Morgan fingerprint density at radius 2 is 1.93 bits per heavy atom. The van der Waals surface area contributed by atoms with Gasteiger partial charge in [0.25, 0.3) is 0 Å². The largest absolute Gasteiger partial charge is 2.00 e. The molecule has 0 atom stereocenters. The number of phenols is 1. The number of carbonyl (C=O) groups excluding carboxylic acids is 1. The summed E-state index contributed by atoms with van der Waals surface area (Å²) in [6, 6.07) is 6.03. The minimum absolute atomic E-state index is 0. The second-order valence-corrected chi connectivity index (χ2v) is 3.04. The molecular formula is C11H14CaO3+2. The SMILES string of the molecule is CCCCOC(=O)c1ccc(O)cc1.[Ca+2]. The zero-order valence-electron chi connectivity index (χ0n) is 8.90. The smallest absolute Gasteiger partial charge is 0.508 e. The second-order valence-electron chi connectivity index (χ2n) is 3.04. The first kappa shape index (κ1) is 14.7. The van der Waals surface area contributed by atoms with E-state index in [9.17, 15) is 4.79 Å². The Kier molecular flexibility index (Phi) is 7.83. The third kappa shape index (κ3) is 5.40. The van der Waals surface area contributed by atoms with Gasteiger partial charge in [0.15, 0.2) is 0 Å². The van der Waals surface area contributed by atoms with Crippen LogP contribution in [0.4, 0.5) is 0 Å². The monoisotopic (exact) mass is 234 g/mol. The minimum atomic E-state index is -0.335. The fourth-order valence-electron chi connectivity index (χ4n) is 0.990. The Balaban J connectivity index is 0.00000196. The zero-order valence-corrected chi connectivity index (χ0v) is 11.1. The molecule has 0 aliphatic rings. The van der Waals surface area contributed by atoms with Crippen molar-refractivity contribution in [3.05, 3.63) is 29.8 Å². The molecule has 0 saturated heterocycles. The Morgan fingerprint density at radius 3 is 2.47 bits per heavy atom. The maximum absolute atomic E-state index is 11.3. The molecule has 3 nitrogen and oxygen atoms in total. The van der Waals surface area contributed by atoms with Crippen LogP contribution in [0.3, 0.4) is 0 Å². The van der Waals surface area contributed by atoms with Crippen molar-refractivity contribution in [3.8, 4) is 5.75 Å². The van der Waals surface area contributed by atoms with Crippen molar-refractivity contribution in [2.45, 2.75) is 19.8 Å². The second kappa shape index (κ2) is 7.97. The van der Waals surface area contributed by atoms with Crippen molar-refractivity contribution >= 4 is 43.7 Å². The van der Waals surface area contributed by atoms with Gasteiger partial charge in [0, 0.05) is 0 Å². The van der Waals surface area contributed by atoms with Crippen LogP contribution in [-0.4, -0.2) is 55.4 Å². The van der Waals surface area contributed by atoms with Crippen LogP contribution >= 0.6 is 0 Å². The van der Waals surface area contributed by atoms with Gasteiger partial charge >= 0.3 is 43.7 Å². The molecule has 0 fully saturated rings. The summed E-state index contributed by atoms with van der Waals surface area (Å²) >= 11 is 0. The van der Waals surface area contributed by atoms with Crippen LogP contribution in [0.5, 0.6) is 5.75 Å². The molecule has 0 bridgehead atoms. The number of esters is 1. The number of ether oxygens (including phenoxy) is 1. The fraction of sp³-hybridized carbons (Fsp3) is 0.364. The van der Waals surface area contributed by atoms with Gasteiger partial charge in [-0.2, -0.15) is 0 Å². The number of hydrogen-bond donors (Lipinski definition) is 1. The predicted molar refractivity (Wildman–Crippen MR) is 59.1 cm³/mol. The van der Waals surface area contributed by atoms with E-state index in [1.807, 2.05) is 6.92 Å². The third-order valence-corrected chi connectivity index (χ3v) is 1.83. The molecule has 0 aliphatic heterocycles. The molecule has 0 aromatic heterocycles. The van der Waals surface area contributed by atoms with Crippen molar-refractivity contribution in [1.29, 1.82) is 0 Å². The van der Waals surface area contributed by atoms with Gasteiger partial charge in [0.2, 0.25) is 0 Å².